The molecule has 0 amide bonds. The summed E-state index contributed by atoms with van der Waals surface area (Å²) in [6, 6.07) is 9.34. The van der Waals surface area contributed by atoms with Crippen LogP contribution in [0.4, 0.5) is 4.39 Å². The van der Waals surface area contributed by atoms with Crippen LogP contribution in [-0.2, 0) is 15.8 Å². The molecule has 3 rings (SSSR count). The van der Waals surface area contributed by atoms with Crippen LogP contribution in [-0.4, -0.2) is 36.9 Å². The Bertz CT molecular complexity index is 809. The summed E-state index contributed by atoms with van der Waals surface area (Å²) in [7, 11) is -3.50. The zero-order valence-electron chi connectivity index (χ0n) is 13.4. The molecule has 1 aromatic carbocycles. The molecule has 0 spiro atoms. The number of nitrogens with zero attached hydrogens (tertiary/aromatic N) is 2. The van der Waals surface area contributed by atoms with Crippen LogP contribution in [0.25, 0.3) is 0 Å². The SMILES string of the molecule is Cc1ccc(OC2CCN(S(=O)(=O)Cc3cccc(F)c3)C2)nc1. The molecule has 0 bridgehead atoms. The average Bonchev–Trinajstić information content (AvgIpc) is 2.99. The Hall–Kier alpha value is -1.99. The van der Waals surface area contributed by atoms with Gasteiger partial charge >= 0.3 is 0 Å². The van der Waals surface area contributed by atoms with E-state index >= 15 is 0 Å². The summed E-state index contributed by atoms with van der Waals surface area (Å²) in [4.78, 5) is 4.17. The van der Waals surface area contributed by atoms with Gasteiger partial charge in [-0.1, -0.05) is 18.2 Å². The maximum Gasteiger partial charge on any atom is 0.218 e. The van der Waals surface area contributed by atoms with Crippen molar-refractivity contribution < 1.29 is 17.5 Å². The first kappa shape index (κ1) is 16.9. The topological polar surface area (TPSA) is 59.5 Å². The minimum Gasteiger partial charge on any atom is -0.473 e. The smallest absolute Gasteiger partial charge is 0.218 e. The fourth-order valence-electron chi connectivity index (χ4n) is 2.67. The number of benzene rings is 1. The lowest BCUT2D eigenvalue weighted by Crippen LogP contribution is -2.32. The van der Waals surface area contributed by atoms with E-state index < -0.39 is 15.8 Å². The number of rotatable bonds is 5. The minimum atomic E-state index is -3.50. The quantitative estimate of drug-likeness (QED) is 0.831. The fraction of sp³-hybridized carbons (Fsp3) is 0.353. The number of halogens is 1. The highest BCUT2D eigenvalue weighted by atomic mass is 32.2. The van der Waals surface area contributed by atoms with Crippen molar-refractivity contribution in [1.82, 2.24) is 9.29 Å². The maximum absolute atomic E-state index is 13.2. The van der Waals surface area contributed by atoms with E-state index in [0.717, 1.165) is 5.56 Å². The Morgan fingerprint density at radius 1 is 1.33 bits per heavy atom. The van der Waals surface area contributed by atoms with Crippen LogP contribution in [0.15, 0.2) is 42.6 Å². The fourth-order valence-corrected chi connectivity index (χ4v) is 4.23. The molecule has 0 aliphatic carbocycles. The predicted octanol–water partition coefficient (Wildman–Crippen LogP) is 2.51. The number of sulfonamides is 1. The van der Waals surface area contributed by atoms with Crippen LogP contribution in [0.3, 0.4) is 0 Å². The molecule has 2 heterocycles. The summed E-state index contributed by atoms with van der Waals surface area (Å²) in [5.74, 6) is -0.147. The lowest BCUT2D eigenvalue weighted by Gasteiger charge is -2.17. The first-order valence-corrected chi connectivity index (χ1v) is 9.35. The predicted molar refractivity (Wildman–Crippen MR) is 88.6 cm³/mol. The lowest BCUT2D eigenvalue weighted by molar-refractivity contribution is 0.207. The Kier molecular flexibility index (Phi) is 4.82. The number of hydrogen-bond donors (Lipinski definition) is 0. The van der Waals surface area contributed by atoms with E-state index in [2.05, 4.69) is 4.98 Å². The second-order valence-corrected chi connectivity index (χ2v) is 7.92. The molecule has 1 saturated heterocycles. The van der Waals surface area contributed by atoms with Crippen molar-refractivity contribution in [3.63, 3.8) is 0 Å². The van der Waals surface area contributed by atoms with Gasteiger partial charge in [0.2, 0.25) is 15.9 Å². The number of hydrogen-bond acceptors (Lipinski definition) is 4. The largest absolute Gasteiger partial charge is 0.473 e. The summed E-state index contributed by atoms with van der Waals surface area (Å²) in [5, 5.41) is 0. The summed E-state index contributed by atoms with van der Waals surface area (Å²) < 4.78 is 45.3. The third-order valence-corrected chi connectivity index (χ3v) is 5.73. The number of pyridine rings is 1. The summed E-state index contributed by atoms with van der Waals surface area (Å²) in [5.41, 5.74) is 1.48. The van der Waals surface area contributed by atoms with Crippen molar-refractivity contribution in [2.75, 3.05) is 13.1 Å². The summed E-state index contributed by atoms with van der Waals surface area (Å²) >= 11 is 0. The summed E-state index contributed by atoms with van der Waals surface area (Å²) in [6.45, 7) is 2.62. The standard InChI is InChI=1S/C17H19FN2O3S/c1-13-5-6-17(19-10-13)23-16-7-8-20(11-16)24(21,22)12-14-3-2-4-15(18)9-14/h2-6,9-10,16H,7-8,11-12H2,1H3. The average molecular weight is 350 g/mol. The van der Waals surface area contributed by atoms with Crippen LogP contribution in [0.1, 0.15) is 17.5 Å². The molecule has 7 heteroatoms. The van der Waals surface area contributed by atoms with Crippen LogP contribution in [0.2, 0.25) is 0 Å². The van der Waals surface area contributed by atoms with Gasteiger partial charge in [0.1, 0.15) is 11.9 Å². The van der Waals surface area contributed by atoms with Crippen molar-refractivity contribution >= 4 is 10.0 Å². The molecule has 0 N–H and O–H groups in total. The van der Waals surface area contributed by atoms with E-state index in [4.69, 9.17) is 4.74 Å². The van der Waals surface area contributed by atoms with Crippen molar-refractivity contribution in [3.05, 3.63) is 59.5 Å². The van der Waals surface area contributed by atoms with Gasteiger partial charge in [0.15, 0.2) is 0 Å². The van der Waals surface area contributed by atoms with Gasteiger partial charge < -0.3 is 4.74 Å². The highest BCUT2D eigenvalue weighted by Gasteiger charge is 2.32. The molecule has 0 saturated carbocycles. The van der Waals surface area contributed by atoms with E-state index in [-0.39, 0.29) is 18.4 Å². The van der Waals surface area contributed by atoms with Gasteiger partial charge in [-0.2, -0.15) is 4.31 Å². The van der Waals surface area contributed by atoms with Gasteiger partial charge in [-0.05, 0) is 36.6 Å². The van der Waals surface area contributed by atoms with Crippen molar-refractivity contribution in [2.45, 2.75) is 25.2 Å². The van der Waals surface area contributed by atoms with Gasteiger partial charge in [-0.3, -0.25) is 0 Å². The van der Waals surface area contributed by atoms with Crippen molar-refractivity contribution in [2.24, 2.45) is 0 Å². The van der Waals surface area contributed by atoms with Crippen LogP contribution >= 0.6 is 0 Å². The summed E-state index contributed by atoms with van der Waals surface area (Å²) in [6.07, 6.45) is 2.10. The molecular formula is C17H19FN2O3S. The Balaban J connectivity index is 1.62. The van der Waals surface area contributed by atoms with E-state index in [1.54, 1.807) is 18.3 Å². The minimum absolute atomic E-state index is 0.208. The molecule has 1 fully saturated rings. The van der Waals surface area contributed by atoms with E-state index in [1.165, 1.54) is 22.5 Å². The second-order valence-electron chi connectivity index (χ2n) is 5.95. The Labute approximate surface area is 141 Å². The molecule has 128 valence electrons. The van der Waals surface area contributed by atoms with Crippen LogP contribution in [0, 0.1) is 12.7 Å². The maximum atomic E-state index is 13.2. The highest BCUT2D eigenvalue weighted by Crippen LogP contribution is 2.21. The van der Waals surface area contributed by atoms with Crippen LogP contribution in [0.5, 0.6) is 5.88 Å². The highest BCUT2D eigenvalue weighted by molar-refractivity contribution is 7.88. The van der Waals surface area contributed by atoms with Gasteiger partial charge in [0, 0.05) is 18.8 Å². The third-order valence-electron chi connectivity index (χ3n) is 3.91. The van der Waals surface area contributed by atoms with E-state index in [1.807, 2.05) is 13.0 Å². The molecule has 1 unspecified atom stereocenters. The van der Waals surface area contributed by atoms with Gasteiger partial charge in [0.25, 0.3) is 0 Å². The monoisotopic (exact) mass is 350 g/mol. The molecule has 1 atom stereocenters. The third kappa shape index (κ3) is 4.10. The van der Waals surface area contributed by atoms with Gasteiger partial charge in [-0.25, -0.2) is 17.8 Å². The Morgan fingerprint density at radius 2 is 2.17 bits per heavy atom. The molecule has 24 heavy (non-hydrogen) atoms. The molecule has 0 radical (unpaired) electrons. The molecule has 2 aromatic rings. The zero-order valence-corrected chi connectivity index (χ0v) is 14.2. The van der Waals surface area contributed by atoms with E-state index in [9.17, 15) is 12.8 Å². The van der Waals surface area contributed by atoms with Gasteiger partial charge in [0.05, 0.1) is 12.3 Å². The van der Waals surface area contributed by atoms with E-state index in [0.29, 0.717) is 24.4 Å². The number of ether oxygens (including phenoxy) is 1. The number of aryl methyl sites for hydroxylation is 1. The molecule has 5 nitrogen and oxygen atoms in total. The molecule has 1 aliphatic heterocycles. The molecular weight excluding hydrogens is 331 g/mol. The second kappa shape index (κ2) is 6.86. The zero-order chi connectivity index (χ0) is 17.2. The van der Waals surface area contributed by atoms with Gasteiger partial charge in [-0.15, -0.1) is 0 Å². The number of aromatic nitrogens is 1. The first-order valence-electron chi connectivity index (χ1n) is 7.74. The van der Waals surface area contributed by atoms with Crippen molar-refractivity contribution in [3.8, 4) is 5.88 Å². The Morgan fingerprint density at radius 3 is 2.88 bits per heavy atom. The van der Waals surface area contributed by atoms with Crippen LogP contribution < -0.4 is 4.74 Å². The lowest BCUT2D eigenvalue weighted by atomic mass is 10.2. The molecule has 1 aliphatic rings. The molecule has 1 aromatic heterocycles. The first-order chi connectivity index (χ1) is 11.4. The normalized spacial score (nSPS) is 18.7. The van der Waals surface area contributed by atoms with Crippen molar-refractivity contribution in [1.29, 1.82) is 0 Å².